The monoisotopic (exact) mass is 706 g/mol. The van der Waals surface area contributed by atoms with Gasteiger partial charge in [-0.25, -0.2) is 0 Å². The average Bonchev–Trinajstić information content (AvgIpc) is 3.70. The summed E-state index contributed by atoms with van der Waals surface area (Å²) in [6.07, 6.45) is -0.859. The van der Waals surface area contributed by atoms with E-state index in [-0.39, 0.29) is 11.8 Å². The van der Waals surface area contributed by atoms with Crippen molar-refractivity contribution in [1.29, 1.82) is 0 Å². The van der Waals surface area contributed by atoms with Gasteiger partial charge in [0.05, 0.1) is 11.1 Å². The predicted molar refractivity (Wildman–Crippen MR) is 199 cm³/mol. The highest BCUT2D eigenvalue weighted by Crippen LogP contribution is 2.45. The largest absolute Gasteiger partial charge is 0.360 e. The zero-order chi connectivity index (χ0) is 33.1. The van der Waals surface area contributed by atoms with Crippen LogP contribution in [0.5, 0.6) is 0 Å². The Balaban J connectivity index is 1.21. The first-order valence-corrected chi connectivity index (χ1v) is 17.8. The Hall–Kier alpha value is -4.60. The van der Waals surface area contributed by atoms with Crippen molar-refractivity contribution < 1.29 is 9.59 Å². The van der Waals surface area contributed by atoms with Crippen LogP contribution in [-0.4, -0.2) is 11.8 Å². The topological polar surface area (TPSA) is 64.7 Å². The Bertz CT molecular complexity index is 2230. The molecule has 238 valence electrons. The molecule has 10 heteroatoms. The quantitative estimate of drug-likeness (QED) is 0.187. The lowest BCUT2D eigenvalue weighted by molar-refractivity contribution is 0.0967. The van der Waals surface area contributed by atoms with Crippen molar-refractivity contribution >= 4 is 80.4 Å². The summed E-state index contributed by atoms with van der Waals surface area (Å²) in [5.41, 5.74) is 6.07. The third-order valence-corrected chi connectivity index (χ3v) is 11.3. The molecule has 0 saturated carbocycles. The van der Waals surface area contributed by atoms with Crippen LogP contribution in [0.1, 0.15) is 52.6 Å². The number of para-hydroxylation sites is 2. The molecule has 4 aromatic carbocycles. The number of aryl methyl sites for hydroxylation is 2. The molecule has 48 heavy (non-hydrogen) atoms. The Morgan fingerprint density at radius 3 is 1.81 bits per heavy atom. The van der Waals surface area contributed by atoms with E-state index in [0.717, 1.165) is 47.7 Å². The molecular weight excluding hydrogens is 679 g/mol. The van der Waals surface area contributed by atoms with Gasteiger partial charge in [-0.3, -0.25) is 19.4 Å². The maximum Gasteiger partial charge on any atom is 0.262 e. The number of thiophene rings is 2. The lowest BCUT2D eigenvalue weighted by atomic mass is 10.0. The fourth-order valence-corrected chi connectivity index (χ4v) is 8.80. The van der Waals surface area contributed by atoms with Gasteiger partial charge < -0.3 is 10.6 Å². The van der Waals surface area contributed by atoms with E-state index in [1.807, 2.05) is 78.9 Å². The van der Waals surface area contributed by atoms with E-state index in [4.69, 9.17) is 23.2 Å². The molecule has 0 fully saturated rings. The third-order valence-electron chi connectivity index (χ3n) is 8.67. The number of carbonyl (C=O) groups excluding carboxylic acids is 2. The van der Waals surface area contributed by atoms with Crippen molar-refractivity contribution in [3.63, 3.8) is 0 Å². The van der Waals surface area contributed by atoms with Crippen LogP contribution in [0, 0.1) is 13.8 Å². The molecule has 6 aromatic rings. The van der Waals surface area contributed by atoms with Crippen LogP contribution in [0.25, 0.3) is 11.1 Å². The van der Waals surface area contributed by atoms with Gasteiger partial charge in [0.15, 0.2) is 0 Å². The Morgan fingerprint density at radius 2 is 1.19 bits per heavy atom. The molecular formula is C38H28Cl2N4O2S2. The van der Waals surface area contributed by atoms with E-state index in [1.165, 1.54) is 0 Å². The second-order valence-electron chi connectivity index (χ2n) is 11.8. The van der Waals surface area contributed by atoms with Crippen LogP contribution in [0.15, 0.2) is 109 Å². The third kappa shape index (κ3) is 5.35. The van der Waals surface area contributed by atoms with Gasteiger partial charge >= 0.3 is 0 Å². The highest BCUT2D eigenvalue weighted by atomic mass is 35.5. The molecule has 0 bridgehead atoms. The summed E-state index contributed by atoms with van der Waals surface area (Å²) in [4.78, 5) is 35.9. The molecule has 0 aliphatic carbocycles. The van der Waals surface area contributed by atoms with E-state index in [1.54, 1.807) is 44.6 Å². The van der Waals surface area contributed by atoms with Crippen LogP contribution < -0.4 is 20.4 Å². The van der Waals surface area contributed by atoms with Gasteiger partial charge in [-0.2, -0.15) is 0 Å². The minimum Gasteiger partial charge on any atom is -0.360 e. The van der Waals surface area contributed by atoms with Crippen LogP contribution in [0.4, 0.5) is 22.7 Å². The molecule has 6 nitrogen and oxygen atoms in total. The first-order chi connectivity index (χ1) is 23.2. The number of anilines is 4. The zero-order valence-electron chi connectivity index (χ0n) is 25.8. The number of nitrogens with zero attached hydrogens (tertiary/aromatic N) is 2. The van der Waals surface area contributed by atoms with Crippen LogP contribution in [0.2, 0.25) is 10.0 Å². The molecule has 2 aliphatic rings. The molecule has 2 atom stereocenters. The standard InChI is InChI=1S/C38H28Cl2N4O2S2/c1-21-11-16-33(47-21)35-41-31-9-5-4-8-29(31)38(46)44(35)27-18-23(17-25(40)19-27)30-20-34(48-22(30)2)36-42-32-10-6-3-7-28(32)37(45)43(36)26-14-12-24(39)13-15-26/h3-20,35-36,41-42H,1-2H3. The lowest BCUT2D eigenvalue weighted by Gasteiger charge is -2.37. The molecule has 0 radical (unpaired) electrons. The van der Waals surface area contributed by atoms with Gasteiger partial charge in [-0.1, -0.05) is 47.5 Å². The van der Waals surface area contributed by atoms with Crippen molar-refractivity contribution in [3.8, 4) is 11.1 Å². The average molecular weight is 708 g/mol. The Kier molecular flexibility index (Phi) is 7.76. The number of carbonyl (C=O) groups is 2. The second kappa shape index (κ2) is 12.1. The maximum atomic E-state index is 14.2. The van der Waals surface area contributed by atoms with Gasteiger partial charge in [0.1, 0.15) is 12.3 Å². The number of amides is 2. The summed E-state index contributed by atoms with van der Waals surface area (Å²) >= 11 is 16.3. The first kappa shape index (κ1) is 30.7. The van der Waals surface area contributed by atoms with Crippen LogP contribution in [0.3, 0.4) is 0 Å². The molecule has 2 N–H and O–H groups in total. The minimum atomic E-state index is -0.458. The molecule has 0 saturated heterocycles. The molecule has 2 aromatic heterocycles. The minimum absolute atomic E-state index is 0.0967. The van der Waals surface area contributed by atoms with E-state index in [2.05, 4.69) is 42.7 Å². The van der Waals surface area contributed by atoms with Gasteiger partial charge in [0, 0.05) is 52.3 Å². The van der Waals surface area contributed by atoms with Gasteiger partial charge in [0.25, 0.3) is 11.8 Å². The summed E-state index contributed by atoms with van der Waals surface area (Å²) in [6, 6.07) is 34.5. The summed E-state index contributed by atoms with van der Waals surface area (Å²) in [6.45, 7) is 4.13. The fourth-order valence-electron chi connectivity index (χ4n) is 6.44. The van der Waals surface area contributed by atoms with E-state index >= 15 is 0 Å². The maximum absolute atomic E-state index is 14.2. The molecule has 4 heterocycles. The number of nitrogens with one attached hydrogen (secondary N) is 2. The fraction of sp³-hybridized carbons (Fsp3) is 0.105. The van der Waals surface area contributed by atoms with Gasteiger partial charge in [-0.05, 0) is 110 Å². The number of fused-ring (bicyclic) bond motifs is 2. The first-order valence-electron chi connectivity index (χ1n) is 15.4. The lowest BCUT2D eigenvalue weighted by Crippen LogP contribution is -2.42. The van der Waals surface area contributed by atoms with Gasteiger partial charge in [-0.15, -0.1) is 22.7 Å². The molecule has 0 spiro atoms. The zero-order valence-corrected chi connectivity index (χ0v) is 29.0. The Labute approximate surface area is 296 Å². The number of hydrogen-bond donors (Lipinski definition) is 2. The van der Waals surface area contributed by atoms with Crippen LogP contribution in [-0.2, 0) is 0 Å². The summed E-state index contributed by atoms with van der Waals surface area (Å²) in [5, 5.41) is 8.33. The molecule has 2 amide bonds. The molecule has 8 rings (SSSR count). The molecule has 2 unspecified atom stereocenters. The summed E-state index contributed by atoms with van der Waals surface area (Å²) in [5.74, 6) is -0.195. The van der Waals surface area contributed by atoms with Crippen LogP contribution >= 0.6 is 45.9 Å². The van der Waals surface area contributed by atoms with Crippen molar-refractivity contribution in [1.82, 2.24) is 0 Å². The second-order valence-corrected chi connectivity index (χ2v) is 15.3. The van der Waals surface area contributed by atoms with Crippen molar-refractivity contribution in [2.45, 2.75) is 26.2 Å². The van der Waals surface area contributed by atoms with Crippen molar-refractivity contribution in [2.24, 2.45) is 0 Å². The highest BCUT2D eigenvalue weighted by molar-refractivity contribution is 7.12. The normalized spacial score (nSPS) is 17.1. The number of rotatable bonds is 5. The van der Waals surface area contributed by atoms with Gasteiger partial charge in [0.2, 0.25) is 0 Å². The number of hydrogen-bond acceptors (Lipinski definition) is 6. The predicted octanol–water partition coefficient (Wildman–Crippen LogP) is 10.9. The molecule has 2 aliphatic heterocycles. The SMILES string of the molecule is Cc1ccc(C2Nc3ccccc3C(=O)N2c2cc(Cl)cc(-c3cc(C4Nc5ccccc5C(=O)N4c4ccc(Cl)cc4)sc3C)c2)s1. The van der Waals surface area contributed by atoms with Crippen molar-refractivity contribution in [3.05, 3.63) is 150 Å². The number of benzene rings is 4. The smallest absolute Gasteiger partial charge is 0.262 e. The number of halogens is 2. The van der Waals surface area contributed by atoms with E-state index < -0.39 is 12.3 Å². The summed E-state index contributed by atoms with van der Waals surface area (Å²) < 4.78 is 0. The highest BCUT2D eigenvalue weighted by Gasteiger charge is 2.37. The van der Waals surface area contributed by atoms with E-state index in [9.17, 15) is 9.59 Å². The van der Waals surface area contributed by atoms with Crippen molar-refractivity contribution in [2.75, 3.05) is 20.4 Å². The van der Waals surface area contributed by atoms with E-state index in [0.29, 0.717) is 26.9 Å². The Morgan fingerprint density at radius 1 is 0.583 bits per heavy atom. The summed E-state index contributed by atoms with van der Waals surface area (Å²) in [7, 11) is 0.